The van der Waals surface area contributed by atoms with Gasteiger partial charge in [-0.2, -0.15) is 0 Å². The number of anilines is 2. The second kappa shape index (κ2) is 8.22. The van der Waals surface area contributed by atoms with Crippen LogP contribution in [0.3, 0.4) is 0 Å². The van der Waals surface area contributed by atoms with Gasteiger partial charge >= 0.3 is 5.97 Å². The van der Waals surface area contributed by atoms with Gasteiger partial charge in [0.15, 0.2) is 0 Å². The van der Waals surface area contributed by atoms with E-state index in [1.807, 2.05) is 43.3 Å². The van der Waals surface area contributed by atoms with Gasteiger partial charge in [-0.15, -0.1) is 0 Å². The molecule has 2 N–H and O–H groups in total. The van der Waals surface area contributed by atoms with Crippen LogP contribution < -0.4 is 15.8 Å². The maximum absolute atomic E-state index is 12.5. The molecule has 0 saturated carbocycles. The minimum absolute atomic E-state index is 0.0710. The number of aryl methyl sites for hydroxylation is 2. The average molecular weight is 405 g/mol. The molecule has 1 atom stereocenters. The summed E-state index contributed by atoms with van der Waals surface area (Å²) < 4.78 is 4.93. The third-order valence-corrected chi connectivity index (χ3v) is 5.93. The van der Waals surface area contributed by atoms with Crippen LogP contribution in [-0.2, 0) is 16.1 Å². The summed E-state index contributed by atoms with van der Waals surface area (Å²) in [7, 11) is 1.43. The first-order valence-electron chi connectivity index (χ1n) is 10.3. The van der Waals surface area contributed by atoms with Gasteiger partial charge in [-0.3, -0.25) is 4.79 Å². The zero-order valence-corrected chi connectivity index (χ0v) is 17.6. The Kier molecular flexibility index (Phi) is 5.48. The number of aromatic nitrogens is 1. The highest BCUT2D eigenvalue weighted by atomic mass is 16.5. The average Bonchev–Trinajstić information content (AvgIpc) is 3.25. The van der Waals surface area contributed by atoms with Crippen molar-refractivity contribution in [3.05, 3.63) is 69.5 Å². The monoisotopic (exact) mass is 405 g/mol. The van der Waals surface area contributed by atoms with E-state index in [0.717, 1.165) is 52.8 Å². The van der Waals surface area contributed by atoms with Crippen LogP contribution in [0, 0.1) is 13.8 Å². The number of hydrogen-bond donors (Lipinski definition) is 2. The van der Waals surface area contributed by atoms with Gasteiger partial charge in [-0.05, 0) is 68.1 Å². The van der Waals surface area contributed by atoms with E-state index in [1.165, 1.54) is 7.11 Å². The van der Waals surface area contributed by atoms with Crippen molar-refractivity contribution >= 4 is 28.2 Å². The molecule has 1 saturated heterocycles. The third kappa shape index (κ3) is 3.77. The molecule has 6 heteroatoms. The lowest BCUT2D eigenvalue weighted by Crippen LogP contribution is -2.36. The van der Waals surface area contributed by atoms with E-state index < -0.39 is 0 Å². The van der Waals surface area contributed by atoms with Crippen molar-refractivity contribution in [2.24, 2.45) is 0 Å². The van der Waals surface area contributed by atoms with Crippen LogP contribution in [0.25, 0.3) is 10.9 Å². The number of fused-ring (bicyclic) bond motifs is 1. The molecule has 0 aliphatic carbocycles. The molecule has 1 aliphatic rings. The van der Waals surface area contributed by atoms with Crippen LogP contribution in [0.2, 0.25) is 0 Å². The predicted molar refractivity (Wildman–Crippen MR) is 120 cm³/mol. The van der Waals surface area contributed by atoms with E-state index >= 15 is 0 Å². The molecule has 1 fully saturated rings. The summed E-state index contributed by atoms with van der Waals surface area (Å²) in [5, 5.41) is 4.41. The van der Waals surface area contributed by atoms with Crippen molar-refractivity contribution in [2.75, 3.05) is 23.9 Å². The molecule has 156 valence electrons. The normalized spacial score (nSPS) is 16.1. The lowest BCUT2D eigenvalue weighted by atomic mass is 10.0. The van der Waals surface area contributed by atoms with Gasteiger partial charge in [0.2, 0.25) is 0 Å². The van der Waals surface area contributed by atoms with Crippen molar-refractivity contribution in [1.82, 2.24) is 4.98 Å². The summed E-state index contributed by atoms with van der Waals surface area (Å²) in [4.78, 5) is 29.6. The van der Waals surface area contributed by atoms with Gasteiger partial charge in [0, 0.05) is 35.4 Å². The number of carbonyl (C=O) groups excluding carboxylic acids is 1. The van der Waals surface area contributed by atoms with Crippen molar-refractivity contribution in [2.45, 2.75) is 39.3 Å². The lowest BCUT2D eigenvalue weighted by Gasteiger charge is -2.25. The molecule has 0 spiro atoms. The second-order valence-corrected chi connectivity index (χ2v) is 7.89. The van der Waals surface area contributed by atoms with Crippen LogP contribution in [0.1, 0.15) is 29.5 Å². The fourth-order valence-corrected chi connectivity index (χ4v) is 4.17. The molecule has 6 nitrogen and oxygen atoms in total. The van der Waals surface area contributed by atoms with Gasteiger partial charge in [-0.1, -0.05) is 12.1 Å². The minimum Gasteiger partial charge on any atom is -0.467 e. The Hall–Kier alpha value is -3.28. The van der Waals surface area contributed by atoms with Gasteiger partial charge < -0.3 is 19.9 Å². The highest BCUT2D eigenvalue weighted by Crippen LogP contribution is 2.27. The number of hydrogen-bond acceptors (Lipinski definition) is 5. The van der Waals surface area contributed by atoms with Crippen LogP contribution in [0.5, 0.6) is 0 Å². The van der Waals surface area contributed by atoms with Gasteiger partial charge in [0.25, 0.3) is 5.56 Å². The van der Waals surface area contributed by atoms with Crippen LogP contribution in [0.4, 0.5) is 11.4 Å². The van der Waals surface area contributed by atoms with Gasteiger partial charge in [-0.25, -0.2) is 4.79 Å². The molecule has 0 amide bonds. The molecule has 0 bridgehead atoms. The number of aromatic amines is 1. The summed E-state index contributed by atoms with van der Waals surface area (Å²) in [6.07, 6.45) is 1.79. The number of nitrogens with zero attached hydrogens (tertiary/aromatic N) is 1. The zero-order chi connectivity index (χ0) is 21.3. The largest absolute Gasteiger partial charge is 0.467 e. The Morgan fingerprint density at radius 1 is 1.17 bits per heavy atom. The molecule has 4 rings (SSSR count). The Bertz CT molecular complexity index is 1130. The Labute approximate surface area is 175 Å². The number of carbonyl (C=O) groups is 1. The summed E-state index contributed by atoms with van der Waals surface area (Å²) in [6.45, 7) is 5.34. The summed E-state index contributed by atoms with van der Waals surface area (Å²) in [6, 6.07) is 13.8. The van der Waals surface area contributed by atoms with E-state index in [-0.39, 0.29) is 17.6 Å². The van der Waals surface area contributed by atoms with Crippen molar-refractivity contribution < 1.29 is 9.53 Å². The molecule has 0 unspecified atom stereocenters. The highest BCUT2D eigenvalue weighted by molar-refractivity contribution is 5.85. The Morgan fingerprint density at radius 2 is 1.90 bits per heavy atom. The van der Waals surface area contributed by atoms with Crippen molar-refractivity contribution in [3.63, 3.8) is 0 Å². The molecular formula is C24H27N3O3. The zero-order valence-electron chi connectivity index (χ0n) is 17.6. The van der Waals surface area contributed by atoms with Gasteiger partial charge in [0.05, 0.1) is 12.6 Å². The fraction of sp³-hybridized carbons (Fsp3) is 0.333. The number of benzene rings is 2. The topological polar surface area (TPSA) is 74.4 Å². The van der Waals surface area contributed by atoms with Crippen LogP contribution in [0.15, 0.2) is 47.3 Å². The standard InChI is InChI=1S/C24H27N3O3/c1-15-6-7-16(2)22-20(15)13-17(23(28)26-22)14-25-18-8-10-19(11-9-18)27-12-4-5-21(27)24(29)30-3/h6-11,13,21,25H,4-5,12,14H2,1-3H3,(H,26,28)/t21-/m0/s1. The predicted octanol–water partition coefficient (Wildman–Crippen LogP) is 3.90. The maximum Gasteiger partial charge on any atom is 0.328 e. The molecule has 2 aromatic carbocycles. The van der Waals surface area contributed by atoms with E-state index in [4.69, 9.17) is 4.74 Å². The first-order chi connectivity index (χ1) is 14.5. The van der Waals surface area contributed by atoms with E-state index in [9.17, 15) is 9.59 Å². The number of ether oxygens (including phenoxy) is 1. The smallest absolute Gasteiger partial charge is 0.328 e. The SMILES string of the molecule is COC(=O)[C@@H]1CCCN1c1ccc(NCc2cc3c(C)ccc(C)c3[nH]c2=O)cc1. The second-order valence-electron chi connectivity index (χ2n) is 7.89. The molecule has 30 heavy (non-hydrogen) atoms. The molecule has 3 aromatic rings. The first kappa shape index (κ1) is 20.0. The quantitative estimate of drug-likeness (QED) is 0.630. The van der Waals surface area contributed by atoms with E-state index in [0.29, 0.717) is 12.1 Å². The van der Waals surface area contributed by atoms with Crippen LogP contribution >= 0.6 is 0 Å². The molecule has 2 heterocycles. The van der Waals surface area contributed by atoms with Crippen molar-refractivity contribution in [3.8, 4) is 0 Å². The maximum atomic E-state index is 12.5. The summed E-state index contributed by atoms with van der Waals surface area (Å²) in [5.41, 5.74) is 5.66. The molecule has 0 radical (unpaired) electrons. The third-order valence-electron chi connectivity index (χ3n) is 5.93. The summed E-state index contributed by atoms with van der Waals surface area (Å²) >= 11 is 0. The number of rotatable bonds is 5. The number of esters is 1. The highest BCUT2D eigenvalue weighted by Gasteiger charge is 2.31. The molecule has 1 aliphatic heterocycles. The number of pyridine rings is 1. The Balaban J connectivity index is 1.50. The summed E-state index contributed by atoms with van der Waals surface area (Å²) in [5.74, 6) is -0.184. The van der Waals surface area contributed by atoms with Crippen molar-refractivity contribution in [1.29, 1.82) is 0 Å². The van der Waals surface area contributed by atoms with Crippen LogP contribution in [-0.4, -0.2) is 30.6 Å². The number of methoxy groups -OCH3 is 1. The number of nitrogens with one attached hydrogen (secondary N) is 2. The number of H-pyrrole nitrogens is 1. The molecular weight excluding hydrogens is 378 g/mol. The van der Waals surface area contributed by atoms with Gasteiger partial charge in [0.1, 0.15) is 6.04 Å². The van der Waals surface area contributed by atoms with E-state index in [1.54, 1.807) is 0 Å². The fourth-order valence-electron chi connectivity index (χ4n) is 4.17. The van der Waals surface area contributed by atoms with E-state index in [2.05, 4.69) is 28.2 Å². The molecule has 1 aromatic heterocycles. The minimum atomic E-state index is -0.211. The Morgan fingerprint density at radius 3 is 2.63 bits per heavy atom. The lowest BCUT2D eigenvalue weighted by molar-refractivity contribution is -0.141. The first-order valence-corrected chi connectivity index (χ1v) is 10.3.